The summed E-state index contributed by atoms with van der Waals surface area (Å²) in [6.45, 7) is 11.4. The maximum atomic E-state index is 9.69. The molecule has 1 rings (SSSR count). The van der Waals surface area contributed by atoms with Crippen LogP contribution in [0.5, 0.6) is 0 Å². The average Bonchev–Trinajstić information content (AvgIpc) is 2.39. The summed E-state index contributed by atoms with van der Waals surface area (Å²) in [5, 5.41) is 9.87. The van der Waals surface area contributed by atoms with E-state index >= 15 is 0 Å². The largest absolute Gasteiger partial charge is 0.414 e. The summed E-state index contributed by atoms with van der Waals surface area (Å²) in [7, 11) is 3.86. The molecule has 1 aliphatic heterocycles. The molecule has 1 N–H and O–H groups in total. The van der Waals surface area contributed by atoms with Crippen molar-refractivity contribution in [2.75, 3.05) is 6.61 Å². The highest BCUT2D eigenvalue weighted by Gasteiger charge is 2.39. The summed E-state index contributed by atoms with van der Waals surface area (Å²) >= 11 is 0. The van der Waals surface area contributed by atoms with E-state index in [1.54, 1.807) is 0 Å². The van der Waals surface area contributed by atoms with Crippen LogP contribution in [0.25, 0.3) is 0 Å². The molecule has 0 spiro atoms. The summed E-state index contributed by atoms with van der Waals surface area (Å²) < 4.78 is 11.4. The van der Waals surface area contributed by atoms with Gasteiger partial charge in [-0.2, -0.15) is 0 Å². The van der Waals surface area contributed by atoms with Gasteiger partial charge in [0.1, 0.15) is 14.0 Å². The average molecular weight is 242 g/mol. The Balaban J connectivity index is 2.46. The number of aliphatic hydroxyl groups excluding tert-OH is 1. The topological polar surface area (TPSA) is 38.7 Å². The van der Waals surface area contributed by atoms with Gasteiger partial charge in [0.15, 0.2) is 8.32 Å². The predicted octanol–water partition coefficient (Wildman–Crippen LogP) is 1.65. The van der Waals surface area contributed by atoms with Gasteiger partial charge in [-0.15, -0.1) is 0 Å². The van der Waals surface area contributed by atoms with E-state index in [0.717, 1.165) is 0 Å². The predicted molar refractivity (Wildman–Crippen MR) is 68.2 cm³/mol. The van der Waals surface area contributed by atoms with Crippen molar-refractivity contribution < 1.29 is 14.3 Å². The van der Waals surface area contributed by atoms with Crippen LogP contribution < -0.4 is 0 Å². The van der Waals surface area contributed by atoms with Gasteiger partial charge in [0, 0.05) is 6.00 Å². The first-order chi connectivity index (χ1) is 7.13. The monoisotopic (exact) mass is 242 g/mol. The van der Waals surface area contributed by atoms with Crippen molar-refractivity contribution in [1.82, 2.24) is 0 Å². The van der Waals surface area contributed by atoms with Gasteiger partial charge in [-0.05, 0) is 24.6 Å². The van der Waals surface area contributed by atoms with E-state index in [1.807, 2.05) is 0 Å². The van der Waals surface area contributed by atoms with Crippen LogP contribution in [0.2, 0.25) is 18.1 Å². The van der Waals surface area contributed by atoms with Crippen LogP contribution >= 0.6 is 0 Å². The number of hydrogen-bond donors (Lipinski definition) is 1. The lowest BCUT2D eigenvalue weighted by Crippen LogP contribution is -2.43. The maximum absolute atomic E-state index is 9.69. The summed E-state index contributed by atoms with van der Waals surface area (Å²) in [5.41, 5.74) is 0. The Morgan fingerprint density at radius 1 is 1.44 bits per heavy atom. The van der Waals surface area contributed by atoms with Crippen LogP contribution in [-0.2, 0) is 9.16 Å². The van der Waals surface area contributed by atoms with Crippen LogP contribution in [0.15, 0.2) is 0 Å². The first kappa shape index (κ1) is 14.2. The number of ether oxygens (including phenoxy) is 1. The van der Waals surface area contributed by atoms with Crippen LogP contribution in [0, 0.1) is 0 Å². The van der Waals surface area contributed by atoms with Crippen LogP contribution in [0.1, 0.15) is 27.2 Å². The first-order valence-corrected chi connectivity index (χ1v) is 8.77. The minimum absolute atomic E-state index is 0.179. The molecule has 1 heterocycles. The minimum Gasteiger partial charge on any atom is -0.414 e. The molecule has 2 radical (unpaired) electrons. The fourth-order valence-corrected chi connectivity index (χ4v) is 2.43. The van der Waals surface area contributed by atoms with Crippen molar-refractivity contribution in [3.8, 4) is 0 Å². The summed E-state index contributed by atoms with van der Waals surface area (Å²) in [4.78, 5) is 0. The fraction of sp³-hybridized carbons (Fsp3) is 1.00. The smallest absolute Gasteiger partial charge is 0.192 e. The van der Waals surface area contributed by atoms with E-state index in [0.29, 0.717) is 13.0 Å². The highest BCUT2D eigenvalue weighted by Crippen LogP contribution is 2.37. The second kappa shape index (κ2) is 4.80. The summed E-state index contributed by atoms with van der Waals surface area (Å²) in [6, 6.07) is -0.344. The molecule has 0 saturated carbocycles. The van der Waals surface area contributed by atoms with E-state index in [4.69, 9.17) is 17.0 Å². The molecule has 3 atom stereocenters. The second-order valence-electron chi connectivity index (χ2n) is 6.09. The van der Waals surface area contributed by atoms with Gasteiger partial charge in [0.2, 0.25) is 0 Å². The Morgan fingerprint density at radius 2 is 2.00 bits per heavy atom. The first-order valence-electron chi connectivity index (χ1n) is 5.86. The molecule has 0 aromatic rings. The van der Waals surface area contributed by atoms with E-state index in [-0.39, 0.29) is 17.1 Å². The van der Waals surface area contributed by atoms with E-state index in [2.05, 4.69) is 33.9 Å². The third-order valence-corrected chi connectivity index (χ3v) is 8.17. The highest BCUT2D eigenvalue weighted by atomic mass is 28.4. The SMILES string of the molecule is [B]C1CC(O)C(CO[Si](C)(C)C(C)(C)C)O1. The second-order valence-corrected chi connectivity index (χ2v) is 10.9. The van der Waals surface area contributed by atoms with E-state index in [1.165, 1.54) is 0 Å². The molecule has 0 aliphatic carbocycles. The molecule has 3 nitrogen and oxygen atoms in total. The Labute approximate surface area is 101 Å². The number of aliphatic hydroxyl groups is 1. The summed E-state index contributed by atoms with van der Waals surface area (Å²) in [5.74, 6) is 0. The van der Waals surface area contributed by atoms with Crippen molar-refractivity contribution in [3.63, 3.8) is 0 Å². The van der Waals surface area contributed by atoms with Crippen molar-refractivity contribution in [2.45, 2.75) is 63.5 Å². The molecule has 1 fully saturated rings. The van der Waals surface area contributed by atoms with Crippen molar-refractivity contribution in [2.24, 2.45) is 0 Å². The fourth-order valence-electron chi connectivity index (χ4n) is 1.42. The zero-order valence-corrected chi connectivity index (χ0v) is 12.0. The zero-order chi connectivity index (χ0) is 12.6. The van der Waals surface area contributed by atoms with E-state index < -0.39 is 14.4 Å². The molecule has 1 aliphatic rings. The molecule has 16 heavy (non-hydrogen) atoms. The minimum atomic E-state index is -1.76. The quantitative estimate of drug-likeness (QED) is 0.765. The van der Waals surface area contributed by atoms with Crippen LogP contribution in [-0.4, -0.2) is 46.1 Å². The van der Waals surface area contributed by atoms with Gasteiger partial charge in [0.05, 0.1) is 12.7 Å². The lowest BCUT2D eigenvalue weighted by molar-refractivity contribution is -0.000757. The molecule has 5 heteroatoms. The van der Waals surface area contributed by atoms with Gasteiger partial charge in [0.25, 0.3) is 0 Å². The van der Waals surface area contributed by atoms with Crippen molar-refractivity contribution >= 4 is 16.2 Å². The Hall–Kier alpha value is 0.162. The number of rotatable bonds is 3. The van der Waals surface area contributed by atoms with Gasteiger partial charge in [-0.3, -0.25) is 0 Å². The molecule has 3 unspecified atom stereocenters. The molecular weight excluding hydrogens is 219 g/mol. The molecule has 0 bridgehead atoms. The third kappa shape index (κ3) is 3.33. The van der Waals surface area contributed by atoms with Crippen molar-refractivity contribution in [3.05, 3.63) is 0 Å². The molecule has 0 amide bonds. The van der Waals surface area contributed by atoms with Crippen LogP contribution in [0.3, 0.4) is 0 Å². The lowest BCUT2D eigenvalue weighted by Gasteiger charge is -2.37. The standard InChI is InChI=1S/C11H23BO3Si/c1-11(2,3)16(4,5)14-7-9-8(13)6-10(12)15-9/h8-10,13H,6-7H2,1-5H3. The molecular formula is C11H23BO3Si. The van der Waals surface area contributed by atoms with Crippen LogP contribution in [0.4, 0.5) is 0 Å². The highest BCUT2D eigenvalue weighted by molar-refractivity contribution is 6.74. The van der Waals surface area contributed by atoms with Gasteiger partial charge >= 0.3 is 0 Å². The third-order valence-electron chi connectivity index (χ3n) is 3.67. The molecule has 0 aromatic heterocycles. The maximum Gasteiger partial charge on any atom is 0.192 e. The Morgan fingerprint density at radius 3 is 2.38 bits per heavy atom. The van der Waals surface area contributed by atoms with Gasteiger partial charge in [-0.1, -0.05) is 20.8 Å². The molecule has 0 aromatic carbocycles. The zero-order valence-electron chi connectivity index (χ0n) is 11.0. The number of hydrogen-bond acceptors (Lipinski definition) is 3. The van der Waals surface area contributed by atoms with Gasteiger partial charge < -0.3 is 14.3 Å². The van der Waals surface area contributed by atoms with E-state index in [9.17, 15) is 5.11 Å². The summed E-state index contributed by atoms with van der Waals surface area (Å²) in [6.07, 6.45) is -0.241. The molecule has 92 valence electrons. The Kier molecular flexibility index (Phi) is 4.27. The van der Waals surface area contributed by atoms with Crippen molar-refractivity contribution in [1.29, 1.82) is 0 Å². The normalized spacial score (nSPS) is 32.0. The molecule has 1 saturated heterocycles. The Bertz CT molecular complexity index is 240. The lowest BCUT2D eigenvalue weighted by atomic mass is 9.96. The van der Waals surface area contributed by atoms with Gasteiger partial charge in [-0.25, -0.2) is 0 Å².